The highest BCUT2D eigenvalue weighted by molar-refractivity contribution is 6.12. The molecule has 0 radical (unpaired) electrons. The van der Waals surface area contributed by atoms with E-state index in [1.165, 1.54) is 0 Å². The van der Waals surface area contributed by atoms with Gasteiger partial charge in [-0.1, -0.05) is 53.7 Å². The van der Waals surface area contributed by atoms with Gasteiger partial charge in [0.1, 0.15) is 11.4 Å². The van der Waals surface area contributed by atoms with Gasteiger partial charge in [0.25, 0.3) is 0 Å². The van der Waals surface area contributed by atoms with E-state index in [1.807, 2.05) is 73.9 Å². The van der Waals surface area contributed by atoms with Crippen LogP contribution in [0.25, 0.3) is 0 Å². The maximum Gasteiger partial charge on any atom is 0.132 e. The van der Waals surface area contributed by atoms with Gasteiger partial charge in [-0.3, -0.25) is 4.68 Å². The molecule has 0 spiro atoms. The number of nitrogens with zero attached hydrogens (tertiary/aromatic N) is 4. The Morgan fingerprint density at radius 1 is 0.950 bits per heavy atom. The van der Waals surface area contributed by atoms with Gasteiger partial charge in [0.05, 0.1) is 11.9 Å². The first-order chi connectivity index (χ1) is 9.83. The van der Waals surface area contributed by atoms with E-state index in [4.69, 9.17) is 4.99 Å². The monoisotopic (exact) mass is 262 g/mol. The molecule has 98 valence electrons. The summed E-state index contributed by atoms with van der Waals surface area (Å²) in [6.07, 6.45) is 1.87. The van der Waals surface area contributed by atoms with Crippen molar-refractivity contribution in [2.45, 2.75) is 0 Å². The predicted octanol–water partition coefficient (Wildman–Crippen LogP) is 2.98. The Morgan fingerprint density at radius 3 is 2.20 bits per heavy atom. The molecule has 0 saturated carbocycles. The first kappa shape index (κ1) is 12.3. The lowest BCUT2D eigenvalue weighted by molar-refractivity contribution is 0.714. The largest absolute Gasteiger partial charge is 0.255 e. The third-order valence-corrected chi connectivity index (χ3v) is 2.89. The molecule has 0 fully saturated rings. The molecule has 0 aliphatic carbocycles. The summed E-state index contributed by atoms with van der Waals surface area (Å²) < 4.78 is 1.68. The summed E-state index contributed by atoms with van der Waals surface area (Å²) in [5, 5.41) is 8.16. The third-order valence-electron chi connectivity index (χ3n) is 2.89. The van der Waals surface area contributed by atoms with Gasteiger partial charge in [-0.15, -0.1) is 5.10 Å². The molecule has 4 nitrogen and oxygen atoms in total. The van der Waals surface area contributed by atoms with Crippen LogP contribution in [0.5, 0.6) is 0 Å². The van der Waals surface area contributed by atoms with Crippen LogP contribution in [-0.2, 0) is 7.05 Å². The van der Waals surface area contributed by atoms with E-state index >= 15 is 0 Å². The fourth-order valence-corrected chi connectivity index (χ4v) is 1.95. The van der Waals surface area contributed by atoms with Crippen molar-refractivity contribution in [1.29, 1.82) is 0 Å². The fourth-order valence-electron chi connectivity index (χ4n) is 1.95. The number of aromatic nitrogens is 3. The molecule has 0 saturated heterocycles. The van der Waals surface area contributed by atoms with Gasteiger partial charge in [-0.2, -0.15) is 0 Å². The molecular formula is C16H14N4. The number of rotatable bonds is 3. The van der Waals surface area contributed by atoms with Gasteiger partial charge in [-0.05, 0) is 12.1 Å². The van der Waals surface area contributed by atoms with E-state index in [-0.39, 0.29) is 0 Å². The highest BCUT2D eigenvalue weighted by atomic mass is 15.4. The number of benzene rings is 2. The minimum atomic E-state index is 0.766. The molecule has 0 N–H and O–H groups in total. The average Bonchev–Trinajstić information content (AvgIpc) is 2.93. The summed E-state index contributed by atoms with van der Waals surface area (Å²) in [5.41, 5.74) is 3.52. The molecule has 0 amide bonds. The van der Waals surface area contributed by atoms with Crippen LogP contribution in [0.3, 0.4) is 0 Å². The Hall–Kier alpha value is -2.75. The standard InChI is InChI=1S/C16H14N4/c1-20-12-15(18-19-20)16(13-8-4-2-5-9-13)17-14-10-6-3-7-11-14/h2-12H,1H3. The first-order valence-electron chi connectivity index (χ1n) is 6.39. The van der Waals surface area contributed by atoms with Crippen molar-refractivity contribution in [3.63, 3.8) is 0 Å². The quantitative estimate of drug-likeness (QED) is 0.681. The van der Waals surface area contributed by atoms with Crippen LogP contribution in [0, 0.1) is 0 Å². The van der Waals surface area contributed by atoms with Crippen molar-refractivity contribution in [3.05, 3.63) is 78.1 Å². The smallest absolute Gasteiger partial charge is 0.132 e. The summed E-state index contributed by atoms with van der Waals surface area (Å²) in [6.45, 7) is 0. The zero-order chi connectivity index (χ0) is 13.8. The first-order valence-corrected chi connectivity index (χ1v) is 6.39. The van der Waals surface area contributed by atoms with Crippen LogP contribution in [0.1, 0.15) is 11.3 Å². The van der Waals surface area contributed by atoms with Gasteiger partial charge in [0.2, 0.25) is 0 Å². The second kappa shape index (κ2) is 5.48. The maximum absolute atomic E-state index is 4.71. The Balaban J connectivity index is 2.11. The second-order valence-electron chi connectivity index (χ2n) is 4.44. The van der Waals surface area contributed by atoms with Crippen molar-refractivity contribution in [3.8, 4) is 0 Å². The van der Waals surface area contributed by atoms with Gasteiger partial charge < -0.3 is 0 Å². The zero-order valence-corrected chi connectivity index (χ0v) is 11.1. The van der Waals surface area contributed by atoms with Gasteiger partial charge in [0, 0.05) is 12.6 Å². The number of hydrogen-bond donors (Lipinski definition) is 0. The Kier molecular flexibility index (Phi) is 3.37. The van der Waals surface area contributed by atoms with Crippen molar-refractivity contribution in [1.82, 2.24) is 15.0 Å². The molecule has 1 aromatic heterocycles. The number of hydrogen-bond acceptors (Lipinski definition) is 3. The van der Waals surface area contributed by atoms with Crippen LogP contribution < -0.4 is 0 Å². The van der Waals surface area contributed by atoms with Crippen LogP contribution in [-0.4, -0.2) is 20.7 Å². The van der Waals surface area contributed by atoms with E-state index in [2.05, 4.69) is 10.3 Å². The molecule has 1 heterocycles. The van der Waals surface area contributed by atoms with Crippen LogP contribution in [0.2, 0.25) is 0 Å². The molecule has 3 rings (SSSR count). The topological polar surface area (TPSA) is 43.1 Å². The van der Waals surface area contributed by atoms with Gasteiger partial charge in [0.15, 0.2) is 0 Å². The van der Waals surface area contributed by atoms with E-state index < -0.39 is 0 Å². The molecule has 0 aliphatic heterocycles. The van der Waals surface area contributed by atoms with Crippen molar-refractivity contribution >= 4 is 11.4 Å². The van der Waals surface area contributed by atoms with Gasteiger partial charge >= 0.3 is 0 Å². The van der Waals surface area contributed by atoms with E-state index in [9.17, 15) is 0 Å². The van der Waals surface area contributed by atoms with E-state index in [0.717, 1.165) is 22.7 Å². The minimum Gasteiger partial charge on any atom is -0.255 e. The van der Waals surface area contributed by atoms with Crippen LogP contribution in [0.15, 0.2) is 71.9 Å². The maximum atomic E-state index is 4.71. The van der Waals surface area contributed by atoms with Crippen molar-refractivity contribution in [2.75, 3.05) is 0 Å². The summed E-state index contributed by atoms with van der Waals surface area (Å²) >= 11 is 0. The normalized spacial score (nSPS) is 11.6. The van der Waals surface area contributed by atoms with Gasteiger partial charge in [-0.25, -0.2) is 4.99 Å². The number of aryl methyl sites for hydroxylation is 1. The second-order valence-corrected chi connectivity index (χ2v) is 4.44. The predicted molar refractivity (Wildman–Crippen MR) is 79.2 cm³/mol. The fraction of sp³-hybridized carbons (Fsp3) is 0.0625. The number of para-hydroxylation sites is 1. The highest BCUT2D eigenvalue weighted by Crippen LogP contribution is 2.16. The molecular weight excluding hydrogens is 248 g/mol. The average molecular weight is 262 g/mol. The van der Waals surface area contributed by atoms with E-state index in [0.29, 0.717) is 0 Å². The lowest BCUT2D eigenvalue weighted by atomic mass is 10.1. The molecule has 3 aromatic rings. The third kappa shape index (κ3) is 2.64. The number of aliphatic imine (C=N–C) groups is 1. The molecule has 0 unspecified atom stereocenters. The SMILES string of the molecule is Cn1cc(C(=Nc2ccccc2)c2ccccc2)nn1. The molecule has 2 aromatic carbocycles. The minimum absolute atomic E-state index is 0.766. The lowest BCUT2D eigenvalue weighted by Gasteiger charge is -2.03. The van der Waals surface area contributed by atoms with Crippen molar-refractivity contribution in [2.24, 2.45) is 12.0 Å². The summed E-state index contributed by atoms with van der Waals surface area (Å²) in [5.74, 6) is 0. The molecule has 0 aliphatic rings. The molecule has 4 heteroatoms. The Bertz CT molecular complexity index is 715. The highest BCUT2D eigenvalue weighted by Gasteiger charge is 2.10. The van der Waals surface area contributed by atoms with Crippen LogP contribution >= 0.6 is 0 Å². The van der Waals surface area contributed by atoms with Crippen molar-refractivity contribution < 1.29 is 0 Å². The van der Waals surface area contributed by atoms with Crippen LogP contribution in [0.4, 0.5) is 5.69 Å². The molecule has 0 atom stereocenters. The zero-order valence-electron chi connectivity index (χ0n) is 11.1. The summed E-state index contributed by atoms with van der Waals surface area (Å²) in [6, 6.07) is 19.9. The van der Waals surface area contributed by atoms with E-state index in [1.54, 1.807) is 4.68 Å². The summed E-state index contributed by atoms with van der Waals surface area (Å²) in [7, 11) is 1.85. The Morgan fingerprint density at radius 2 is 1.60 bits per heavy atom. The summed E-state index contributed by atoms with van der Waals surface area (Å²) in [4.78, 5) is 4.71. The Labute approximate surface area is 117 Å². The molecule has 0 bridgehead atoms. The lowest BCUT2D eigenvalue weighted by Crippen LogP contribution is -2.03. The molecule has 20 heavy (non-hydrogen) atoms.